The van der Waals surface area contributed by atoms with E-state index in [0.717, 1.165) is 5.69 Å². The van der Waals surface area contributed by atoms with Crippen LogP contribution >= 0.6 is 11.3 Å². The van der Waals surface area contributed by atoms with E-state index in [-0.39, 0.29) is 5.41 Å². The first kappa shape index (κ1) is 27.2. The zero-order chi connectivity index (χ0) is 31.0. The van der Waals surface area contributed by atoms with Crippen molar-refractivity contribution in [3.05, 3.63) is 162 Å². The van der Waals surface area contributed by atoms with Gasteiger partial charge in [0.25, 0.3) is 0 Å². The highest BCUT2D eigenvalue weighted by atomic mass is 32.1. The molecule has 9 rings (SSSR count). The third-order valence-electron chi connectivity index (χ3n) is 9.98. The minimum absolute atomic E-state index is 0.0997. The number of fused-ring (bicyclic) bond motifs is 7. The third kappa shape index (κ3) is 4.00. The van der Waals surface area contributed by atoms with Crippen LogP contribution in [0.4, 0.5) is 17.1 Å². The molecule has 1 aromatic heterocycles. The molecule has 0 saturated carbocycles. The maximum absolute atomic E-state index is 2.49. The number of aryl methyl sites for hydroxylation is 1. The summed E-state index contributed by atoms with van der Waals surface area (Å²) in [5.74, 6) is 0. The Balaban J connectivity index is 1.35. The van der Waals surface area contributed by atoms with E-state index in [2.05, 4.69) is 171 Å². The summed E-state index contributed by atoms with van der Waals surface area (Å²) in [5, 5.41) is 5.11. The van der Waals surface area contributed by atoms with Gasteiger partial charge in [-0.3, -0.25) is 0 Å². The van der Waals surface area contributed by atoms with Crippen LogP contribution in [0, 0.1) is 6.92 Å². The summed E-state index contributed by atoms with van der Waals surface area (Å²) in [6, 6.07) is 53.9. The number of hydrogen-bond donors (Lipinski definition) is 0. The Hall–Kier alpha value is -5.18. The van der Waals surface area contributed by atoms with Crippen LogP contribution in [0.2, 0.25) is 0 Å². The summed E-state index contributed by atoms with van der Waals surface area (Å²) < 4.78 is 2.64. The lowest BCUT2D eigenvalue weighted by molar-refractivity contribution is 0.660. The van der Waals surface area contributed by atoms with Gasteiger partial charge in [0.05, 0.1) is 5.69 Å². The molecule has 0 spiro atoms. The van der Waals surface area contributed by atoms with Gasteiger partial charge in [-0.15, -0.1) is 11.3 Å². The summed E-state index contributed by atoms with van der Waals surface area (Å²) in [7, 11) is 0. The molecule has 0 unspecified atom stereocenters. The predicted octanol–water partition coefficient (Wildman–Crippen LogP) is 13.0. The normalized spacial score (nSPS) is 13.3. The zero-order valence-electron chi connectivity index (χ0n) is 26.2. The van der Waals surface area contributed by atoms with Gasteiger partial charge in [-0.2, -0.15) is 0 Å². The van der Waals surface area contributed by atoms with Gasteiger partial charge in [0, 0.05) is 42.5 Å². The molecule has 220 valence electrons. The number of hydrogen-bond acceptors (Lipinski definition) is 2. The molecule has 0 aliphatic heterocycles. The first-order valence-corrected chi connectivity index (χ1v) is 16.8. The highest BCUT2D eigenvalue weighted by Gasteiger charge is 2.37. The van der Waals surface area contributed by atoms with E-state index in [9.17, 15) is 0 Å². The lowest BCUT2D eigenvalue weighted by Gasteiger charge is -2.30. The van der Waals surface area contributed by atoms with Crippen LogP contribution < -0.4 is 4.90 Å². The second-order valence-corrected chi connectivity index (χ2v) is 14.1. The van der Waals surface area contributed by atoms with Gasteiger partial charge < -0.3 is 4.90 Å². The number of benzene rings is 7. The average Bonchev–Trinajstić information content (AvgIpc) is 3.57. The minimum Gasteiger partial charge on any atom is -0.310 e. The van der Waals surface area contributed by atoms with Crippen molar-refractivity contribution in [3.63, 3.8) is 0 Å². The Morgan fingerprint density at radius 3 is 2.11 bits per heavy atom. The van der Waals surface area contributed by atoms with Crippen molar-refractivity contribution < 1.29 is 0 Å². The van der Waals surface area contributed by atoms with Crippen LogP contribution in [-0.2, 0) is 5.41 Å². The molecule has 0 bridgehead atoms. The molecular formula is C44H33NS. The number of thiophene rings is 1. The second-order valence-electron chi connectivity index (χ2n) is 13.0. The maximum Gasteiger partial charge on any atom is 0.0546 e. The smallest absolute Gasteiger partial charge is 0.0546 e. The number of anilines is 3. The molecule has 1 aliphatic rings. The van der Waals surface area contributed by atoms with Crippen molar-refractivity contribution in [2.75, 3.05) is 4.90 Å². The molecule has 8 aromatic rings. The van der Waals surface area contributed by atoms with Gasteiger partial charge >= 0.3 is 0 Å². The third-order valence-corrected chi connectivity index (χ3v) is 11.1. The molecule has 2 heteroatoms. The summed E-state index contributed by atoms with van der Waals surface area (Å²) in [6.45, 7) is 6.99. The Morgan fingerprint density at radius 2 is 1.24 bits per heavy atom. The standard InChI is InChI=1S/C44H33NS/c1-28-12-11-18-37-42(28)35-23-21-32(27-38(35)44(37,2)3)45(31-22-25-41-36(26-31)34-17-9-10-19-40(34)46-41)39-24-20-29-13-7-8-16-33(29)43(39)30-14-5-4-6-15-30/h4-27H,1-3H3. The van der Waals surface area contributed by atoms with Crippen molar-refractivity contribution in [2.24, 2.45) is 0 Å². The van der Waals surface area contributed by atoms with Gasteiger partial charge in [0.1, 0.15) is 0 Å². The monoisotopic (exact) mass is 607 g/mol. The fourth-order valence-electron chi connectivity index (χ4n) is 7.73. The van der Waals surface area contributed by atoms with Crippen molar-refractivity contribution in [1.82, 2.24) is 0 Å². The van der Waals surface area contributed by atoms with Crippen LogP contribution in [0.1, 0.15) is 30.5 Å². The lowest BCUT2D eigenvalue weighted by Crippen LogP contribution is -2.17. The highest BCUT2D eigenvalue weighted by molar-refractivity contribution is 7.25. The van der Waals surface area contributed by atoms with Crippen molar-refractivity contribution in [2.45, 2.75) is 26.2 Å². The fourth-order valence-corrected chi connectivity index (χ4v) is 8.82. The Kier molecular flexibility index (Phi) is 6.00. The van der Waals surface area contributed by atoms with Crippen molar-refractivity contribution in [1.29, 1.82) is 0 Å². The molecule has 46 heavy (non-hydrogen) atoms. The molecule has 1 nitrogen and oxygen atoms in total. The second kappa shape index (κ2) is 10.2. The molecule has 0 saturated heterocycles. The van der Waals surface area contributed by atoms with Crippen LogP contribution in [-0.4, -0.2) is 0 Å². The van der Waals surface area contributed by atoms with E-state index < -0.39 is 0 Å². The van der Waals surface area contributed by atoms with Gasteiger partial charge in [-0.1, -0.05) is 117 Å². The van der Waals surface area contributed by atoms with Gasteiger partial charge in [-0.25, -0.2) is 0 Å². The van der Waals surface area contributed by atoms with Crippen LogP contribution in [0.25, 0.3) is 53.2 Å². The first-order valence-electron chi connectivity index (χ1n) is 16.0. The Morgan fingerprint density at radius 1 is 0.522 bits per heavy atom. The largest absolute Gasteiger partial charge is 0.310 e. The fraction of sp³-hybridized carbons (Fsp3) is 0.0909. The Bertz CT molecular complexity index is 2470. The lowest BCUT2D eigenvalue weighted by atomic mass is 9.82. The molecular weight excluding hydrogens is 575 g/mol. The number of nitrogens with zero attached hydrogens (tertiary/aromatic N) is 1. The van der Waals surface area contributed by atoms with E-state index in [1.807, 2.05) is 11.3 Å². The first-order chi connectivity index (χ1) is 22.5. The molecule has 0 fully saturated rings. The van der Waals surface area contributed by atoms with Crippen molar-refractivity contribution >= 4 is 59.3 Å². The van der Waals surface area contributed by atoms with Gasteiger partial charge in [-0.05, 0) is 93.5 Å². The van der Waals surface area contributed by atoms with Gasteiger partial charge in [0.2, 0.25) is 0 Å². The van der Waals surface area contributed by atoms with Crippen LogP contribution in [0.5, 0.6) is 0 Å². The summed E-state index contributed by atoms with van der Waals surface area (Å²) in [5.41, 5.74) is 12.7. The van der Waals surface area contributed by atoms with E-state index in [1.165, 1.54) is 81.3 Å². The average molecular weight is 608 g/mol. The summed E-state index contributed by atoms with van der Waals surface area (Å²) in [6.07, 6.45) is 0. The summed E-state index contributed by atoms with van der Waals surface area (Å²) in [4.78, 5) is 2.49. The van der Waals surface area contributed by atoms with Crippen LogP contribution in [0.15, 0.2) is 146 Å². The summed E-state index contributed by atoms with van der Waals surface area (Å²) >= 11 is 1.87. The molecule has 0 radical (unpaired) electrons. The molecule has 0 N–H and O–H groups in total. The minimum atomic E-state index is -0.0997. The molecule has 1 aliphatic carbocycles. The van der Waals surface area contributed by atoms with Crippen LogP contribution in [0.3, 0.4) is 0 Å². The van der Waals surface area contributed by atoms with E-state index in [0.29, 0.717) is 0 Å². The Labute approximate surface area is 274 Å². The van der Waals surface area contributed by atoms with E-state index >= 15 is 0 Å². The zero-order valence-corrected chi connectivity index (χ0v) is 27.0. The van der Waals surface area contributed by atoms with Crippen molar-refractivity contribution in [3.8, 4) is 22.3 Å². The predicted molar refractivity (Wildman–Crippen MR) is 199 cm³/mol. The maximum atomic E-state index is 2.49. The highest BCUT2D eigenvalue weighted by Crippen LogP contribution is 2.53. The molecule has 0 amide bonds. The molecule has 0 atom stereocenters. The molecule has 7 aromatic carbocycles. The SMILES string of the molecule is Cc1cccc2c1-c1ccc(N(c3ccc4sc5ccccc5c4c3)c3ccc4ccccc4c3-c3ccccc3)cc1C2(C)C. The quantitative estimate of drug-likeness (QED) is 0.192. The van der Waals surface area contributed by atoms with E-state index in [1.54, 1.807) is 0 Å². The van der Waals surface area contributed by atoms with E-state index in [4.69, 9.17) is 0 Å². The van der Waals surface area contributed by atoms with Gasteiger partial charge in [0.15, 0.2) is 0 Å². The number of rotatable bonds is 4. The topological polar surface area (TPSA) is 3.24 Å². The molecule has 1 heterocycles.